The molecule has 1 aromatic heterocycles. The molecule has 2 heteroatoms. The van der Waals surface area contributed by atoms with Crippen LogP contribution >= 0.6 is 11.3 Å². The molecule has 0 bridgehead atoms. The van der Waals surface area contributed by atoms with Crippen molar-refractivity contribution in [3.8, 4) is 0 Å². The molecule has 0 fully saturated rings. The number of aryl methyl sites for hydroxylation is 1. The Hall–Kier alpha value is -1.28. The van der Waals surface area contributed by atoms with Crippen LogP contribution in [-0.4, -0.2) is 6.54 Å². The molecule has 0 aliphatic heterocycles. The lowest BCUT2D eigenvalue weighted by Crippen LogP contribution is -2.03. The van der Waals surface area contributed by atoms with E-state index in [-0.39, 0.29) is 0 Å². The lowest BCUT2D eigenvalue weighted by atomic mass is 10.2. The zero-order valence-corrected chi connectivity index (χ0v) is 9.68. The molecule has 0 amide bonds. The molecule has 1 heterocycles. The third kappa shape index (κ3) is 3.10. The minimum Gasteiger partial charge on any atom is -0.385 e. The van der Waals surface area contributed by atoms with Gasteiger partial charge < -0.3 is 5.32 Å². The van der Waals surface area contributed by atoms with Crippen molar-refractivity contribution < 1.29 is 0 Å². The number of hydrogen-bond donors (Lipinski definition) is 1. The van der Waals surface area contributed by atoms with Crippen LogP contribution in [0.5, 0.6) is 0 Å². The summed E-state index contributed by atoms with van der Waals surface area (Å²) in [5.41, 5.74) is 2.52. The van der Waals surface area contributed by atoms with E-state index in [1.165, 1.54) is 16.1 Å². The predicted octanol–water partition coefficient (Wildman–Crippen LogP) is 3.71. The van der Waals surface area contributed by atoms with E-state index >= 15 is 0 Å². The van der Waals surface area contributed by atoms with Gasteiger partial charge in [-0.3, -0.25) is 0 Å². The lowest BCUT2D eigenvalue weighted by Gasteiger charge is -2.05. The van der Waals surface area contributed by atoms with Gasteiger partial charge in [0.15, 0.2) is 0 Å². The molecule has 1 aromatic carbocycles. The molecular weight excluding hydrogens is 202 g/mol. The van der Waals surface area contributed by atoms with Crippen LogP contribution in [0.2, 0.25) is 0 Å². The SMILES string of the molecule is Cc1cccc(NCCc2cccs2)c1. The Labute approximate surface area is 94.8 Å². The molecule has 0 saturated heterocycles. The van der Waals surface area contributed by atoms with Gasteiger partial charge in [-0.1, -0.05) is 18.2 Å². The molecule has 2 rings (SSSR count). The van der Waals surface area contributed by atoms with Gasteiger partial charge in [-0.15, -0.1) is 11.3 Å². The first-order chi connectivity index (χ1) is 7.34. The third-order valence-corrected chi connectivity index (χ3v) is 3.23. The summed E-state index contributed by atoms with van der Waals surface area (Å²) in [4.78, 5) is 1.44. The summed E-state index contributed by atoms with van der Waals surface area (Å²) in [5.74, 6) is 0. The van der Waals surface area contributed by atoms with Gasteiger partial charge in [0.25, 0.3) is 0 Å². The fourth-order valence-electron chi connectivity index (χ4n) is 1.54. The third-order valence-electron chi connectivity index (χ3n) is 2.30. The number of hydrogen-bond acceptors (Lipinski definition) is 2. The minimum atomic E-state index is 1.00. The number of thiophene rings is 1. The number of rotatable bonds is 4. The first-order valence-corrected chi connectivity index (χ1v) is 6.05. The van der Waals surface area contributed by atoms with Crippen LogP contribution in [0.25, 0.3) is 0 Å². The van der Waals surface area contributed by atoms with E-state index in [4.69, 9.17) is 0 Å². The second-order valence-electron chi connectivity index (χ2n) is 3.63. The van der Waals surface area contributed by atoms with E-state index in [1.807, 2.05) is 11.3 Å². The van der Waals surface area contributed by atoms with E-state index in [0.29, 0.717) is 0 Å². The molecule has 0 atom stereocenters. The van der Waals surface area contributed by atoms with E-state index in [1.54, 1.807) is 0 Å². The van der Waals surface area contributed by atoms with E-state index in [0.717, 1.165) is 13.0 Å². The predicted molar refractivity (Wildman–Crippen MR) is 67.7 cm³/mol. The smallest absolute Gasteiger partial charge is 0.0342 e. The van der Waals surface area contributed by atoms with Crippen molar-refractivity contribution in [1.29, 1.82) is 0 Å². The van der Waals surface area contributed by atoms with Crippen LogP contribution in [-0.2, 0) is 6.42 Å². The Morgan fingerprint density at radius 3 is 2.87 bits per heavy atom. The zero-order chi connectivity index (χ0) is 10.5. The maximum Gasteiger partial charge on any atom is 0.0342 e. The highest BCUT2D eigenvalue weighted by Gasteiger charge is 1.94. The van der Waals surface area contributed by atoms with Crippen molar-refractivity contribution in [3.63, 3.8) is 0 Å². The van der Waals surface area contributed by atoms with Crippen LogP contribution in [0.4, 0.5) is 5.69 Å². The summed E-state index contributed by atoms with van der Waals surface area (Å²) < 4.78 is 0. The molecule has 0 aliphatic rings. The monoisotopic (exact) mass is 217 g/mol. The number of anilines is 1. The van der Waals surface area contributed by atoms with Crippen molar-refractivity contribution >= 4 is 17.0 Å². The molecule has 0 spiro atoms. The van der Waals surface area contributed by atoms with Crippen LogP contribution in [0.3, 0.4) is 0 Å². The quantitative estimate of drug-likeness (QED) is 0.823. The standard InChI is InChI=1S/C13H15NS/c1-11-4-2-5-12(10-11)14-8-7-13-6-3-9-15-13/h2-6,9-10,14H,7-8H2,1H3. The molecular formula is C13H15NS. The summed E-state index contributed by atoms with van der Waals surface area (Å²) in [7, 11) is 0. The summed E-state index contributed by atoms with van der Waals surface area (Å²) in [6.45, 7) is 3.12. The Morgan fingerprint density at radius 2 is 2.13 bits per heavy atom. The van der Waals surface area contributed by atoms with Gasteiger partial charge in [-0.25, -0.2) is 0 Å². The first-order valence-electron chi connectivity index (χ1n) is 5.17. The molecule has 1 N–H and O–H groups in total. The lowest BCUT2D eigenvalue weighted by molar-refractivity contribution is 1.04. The zero-order valence-electron chi connectivity index (χ0n) is 8.86. The fourth-order valence-corrected chi connectivity index (χ4v) is 2.25. The van der Waals surface area contributed by atoms with Gasteiger partial charge >= 0.3 is 0 Å². The largest absolute Gasteiger partial charge is 0.385 e. The van der Waals surface area contributed by atoms with Crippen molar-refractivity contribution in [2.24, 2.45) is 0 Å². The van der Waals surface area contributed by atoms with Crippen LogP contribution in [0.15, 0.2) is 41.8 Å². The number of nitrogens with one attached hydrogen (secondary N) is 1. The van der Waals surface area contributed by atoms with Gasteiger partial charge in [-0.2, -0.15) is 0 Å². The molecule has 0 aliphatic carbocycles. The molecule has 0 radical (unpaired) electrons. The first kappa shape index (κ1) is 10.2. The maximum atomic E-state index is 3.43. The second-order valence-corrected chi connectivity index (χ2v) is 4.66. The summed E-state index contributed by atoms with van der Waals surface area (Å²) in [6.07, 6.45) is 1.10. The van der Waals surface area contributed by atoms with E-state index in [9.17, 15) is 0 Å². The average Bonchev–Trinajstić information content (AvgIpc) is 2.71. The Balaban J connectivity index is 1.83. The topological polar surface area (TPSA) is 12.0 Å². The fraction of sp³-hybridized carbons (Fsp3) is 0.231. The molecule has 15 heavy (non-hydrogen) atoms. The van der Waals surface area contributed by atoms with Crippen LogP contribution in [0.1, 0.15) is 10.4 Å². The minimum absolute atomic E-state index is 1.00. The molecule has 2 aromatic rings. The van der Waals surface area contributed by atoms with Gasteiger partial charge in [0.2, 0.25) is 0 Å². The van der Waals surface area contributed by atoms with E-state index in [2.05, 4.69) is 54.0 Å². The normalized spacial score (nSPS) is 10.2. The summed E-state index contributed by atoms with van der Waals surface area (Å²) >= 11 is 1.82. The highest BCUT2D eigenvalue weighted by molar-refractivity contribution is 7.09. The van der Waals surface area contributed by atoms with Gasteiger partial charge in [0.05, 0.1) is 0 Å². The van der Waals surface area contributed by atoms with Gasteiger partial charge in [0.1, 0.15) is 0 Å². The van der Waals surface area contributed by atoms with Crippen molar-refractivity contribution in [3.05, 3.63) is 52.2 Å². The second kappa shape index (κ2) is 4.99. The van der Waals surface area contributed by atoms with E-state index < -0.39 is 0 Å². The average molecular weight is 217 g/mol. The van der Waals surface area contributed by atoms with Gasteiger partial charge in [-0.05, 0) is 42.5 Å². The molecule has 0 unspecified atom stereocenters. The molecule has 1 nitrogen and oxygen atoms in total. The Morgan fingerprint density at radius 1 is 1.20 bits per heavy atom. The van der Waals surface area contributed by atoms with Crippen LogP contribution < -0.4 is 5.32 Å². The molecule has 0 saturated carbocycles. The van der Waals surface area contributed by atoms with Crippen LogP contribution in [0, 0.1) is 6.92 Å². The summed E-state index contributed by atoms with van der Waals surface area (Å²) in [6, 6.07) is 12.8. The maximum absolute atomic E-state index is 3.43. The Kier molecular flexibility index (Phi) is 3.41. The highest BCUT2D eigenvalue weighted by atomic mass is 32.1. The molecule has 78 valence electrons. The highest BCUT2D eigenvalue weighted by Crippen LogP contribution is 2.12. The Bertz CT molecular complexity index is 406. The van der Waals surface area contributed by atoms with Crippen molar-refractivity contribution in [2.45, 2.75) is 13.3 Å². The number of benzene rings is 1. The summed E-state index contributed by atoms with van der Waals surface area (Å²) in [5, 5.41) is 5.56. The van der Waals surface area contributed by atoms with Gasteiger partial charge in [0, 0.05) is 17.1 Å². The van der Waals surface area contributed by atoms with Crippen molar-refractivity contribution in [2.75, 3.05) is 11.9 Å². The van der Waals surface area contributed by atoms with Crippen molar-refractivity contribution in [1.82, 2.24) is 0 Å².